The smallest absolute Gasteiger partial charge is 0.328 e. The van der Waals surface area contributed by atoms with Crippen LogP contribution in [-0.4, -0.2) is 41.6 Å². The highest BCUT2D eigenvalue weighted by Crippen LogP contribution is 2.25. The van der Waals surface area contributed by atoms with Crippen molar-refractivity contribution in [2.45, 2.75) is 11.4 Å². The molecule has 0 aliphatic carbocycles. The van der Waals surface area contributed by atoms with E-state index in [1.165, 1.54) is 39.5 Å². The van der Waals surface area contributed by atoms with Gasteiger partial charge in [0.2, 0.25) is 0 Å². The molecule has 0 aliphatic rings. The van der Waals surface area contributed by atoms with Crippen molar-refractivity contribution in [3.8, 4) is 11.5 Å². The normalized spacial score (nSPS) is 10.8. The number of benzene rings is 2. The van der Waals surface area contributed by atoms with Crippen molar-refractivity contribution in [3.63, 3.8) is 0 Å². The number of hydrogen-bond donors (Lipinski definition) is 3. The Morgan fingerprint density at radius 2 is 1.69 bits per heavy atom. The molecule has 0 bridgehead atoms. The number of rotatable bonds is 7. The van der Waals surface area contributed by atoms with Gasteiger partial charge in [-0.1, -0.05) is 17.7 Å². The third kappa shape index (κ3) is 5.52. The van der Waals surface area contributed by atoms with Gasteiger partial charge in [0.25, 0.3) is 15.9 Å². The Labute approximate surface area is 173 Å². The third-order valence-corrected chi connectivity index (χ3v) is 5.42. The number of carbonyl (C=O) groups excluding carboxylic acids is 2. The molecule has 0 aromatic heterocycles. The van der Waals surface area contributed by atoms with Crippen LogP contribution in [0.1, 0.15) is 15.9 Å². The lowest BCUT2D eigenvalue weighted by Crippen LogP contribution is -2.37. The van der Waals surface area contributed by atoms with Gasteiger partial charge in [-0.05, 0) is 35.9 Å². The lowest BCUT2D eigenvalue weighted by atomic mass is 10.1. The zero-order valence-electron chi connectivity index (χ0n) is 15.9. The Hall–Kier alpha value is -2.98. The Morgan fingerprint density at radius 3 is 2.31 bits per heavy atom. The number of sulfonamides is 1. The van der Waals surface area contributed by atoms with Crippen LogP contribution in [0.4, 0.5) is 4.79 Å². The standard InChI is InChI=1S/C18H20ClN3O6S/c1-20-18(24)22-29(25,26)16-8-11(4-6-15(16)28-3)10-21-17(23)13-9-12(19)5-7-14(13)27-2/h4-9H,10H2,1-3H3,(H,21,23)(H2,20,22,24). The second-order valence-corrected chi connectivity index (χ2v) is 7.78. The first-order valence-corrected chi connectivity index (χ1v) is 10.1. The summed E-state index contributed by atoms with van der Waals surface area (Å²) in [5, 5.41) is 5.21. The van der Waals surface area contributed by atoms with E-state index in [4.69, 9.17) is 21.1 Å². The predicted octanol–water partition coefficient (Wildman–Crippen LogP) is 1.90. The number of carbonyl (C=O) groups is 2. The van der Waals surface area contributed by atoms with E-state index in [0.29, 0.717) is 16.3 Å². The van der Waals surface area contributed by atoms with Crippen molar-refractivity contribution in [3.05, 3.63) is 52.5 Å². The van der Waals surface area contributed by atoms with Crippen LogP contribution in [0, 0.1) is 0 Å². The summed E-state index contributed by atoms with van der Waals surface area (Å²) in [5.41, 5.74) is 0.708. The summed E-state index contributed by atoms with van der Waals surface area (Å²) in [4.78, 5) is 23.7. The number of urea groups is 1. The summed E-state index contributed by atoms with van der Waals surface area (Å²) < 4.78 is 37.0. The van der Waals surface area contributed by atoms with E-state index >= 15 is 0 Å². The van der Waals surface area contributed by atoms with Crippen molar-refractivity contribution in [2.75, 3.05) is 21.3 Å². The van der Waals surface area contributed by atoms with Crippen LogP contribution in [0.2, 0.25) is 5.02 Å². The molecule has 0 atom stereocenters. The number of halogens is 1. The second kappa shape index (κ2) is 9.48. The minimum absolute atomic E-state index is 0.0149. The highest BCUT2D eigenvalue weighted by atomic mass is 35.5. The molecule has 9 nitrogen and oxygen atoms in total. The summed E-state index contributed by atoms with van der Waals surface area (Å²) in [6.07, 6.45) is 0. The monoisotopic (exact) mass is 441 g/mol. The molecule has 0 fully saturated rings. The average molecular weight is 442 g/mol. The molecule has 3 N–H and O–H groups in total. The van der Waals surface area contributed by atoms with E-state index in [-0.39, 0.29) is 22.8 Å². The molecule has 3 amide bonds. The van der Waals surface area contributed by atoms with E-state index < -0.39 is 22.0 Å². The maximum Gasteiger partial charge on any atom is 0.328 e. The maximum absolute atomic E-state index is 12.5. The van der Waals surface area contributed by atoms with E-state index in [0.717, 1.165) is 0 Å². The Bertz CT molecular complexity index is 1030. The molecular formula is C18H20ClN3O6S. The maximum atomic E-state index is 12.5. The molecule has 0 heterocycles. The number of methoxy groups -OCH3 is 2. The van der Waals surface area contributed by atoms with Crippen LogP contribution >= 0.6 is 11.6 Å². The van der Waals surface area contributed by atoms with Crippen LogP contribution < -0.4 is 24.8 Å². The largest absolute Gasteiger partial charge is 0.496 e. The molecule has 0 spiro atoms. The number of amides is 3. The summed E-state index contributed by atoms with van der Waals surface area (Å²) in [7, 11) is -0.154. The fraction of sp³-hybridized carbons (Fsp3) is 0.222. The fourth-order valence-corrected chi connectivity index (χ4v) is 3.76. The zero-order chi connectivity index (χ0) is 21.6. The first-order valence-electron chi connectivity index (χ1n) is 8.25. The summed E-state index contributed by atoms with van der Waals surface area (Å²) in [6, 6.07) is 8.06. The summed E-state index contributed by atoms with van der Waals surface area (Å²) >= 11 is 5.94. The Kier molecular flexibility index (Phi) is 7.29. The van der Waals surface area contributed by atoms with Crippen molar-refractivity contribution >= 4 is 33.6 Å². The number of hydrogen-bond acceptors (Lipinski definition) is 6. The molecule has 0 radical (unpaired) electrons. The molecule has 29 heavy (non-hydrogen) atoms. The van der Waals surface area contributed by atoms with Crippen LogP contribution in [0.5, 0.6) is 11.5 Å². The van der Waals surface area contributed by atoms with Crippen molar-refractivity contribution in [1.82, 2.24) is 15.4 Å². The number of nitrogens with one attached hydrogen (secondary N) is 3. The summed E-state index contributed by atoms with van der Waals surface area (Å²) in [6.45, 7) is 0.0149. The van der Waals surface area contributed by atoms with E-state index in [1.807, 2.05) is 4.72 Å². The molecule has 2 rings (SSSR count). The van der Waals surface area contributed by atoms with E-state index in [9.17, 15) is 18.0 Å². The van der Waals surface area contributed by atoms with E-state index in [2.05, 4.69) is 10.6 Å². The van der Waals surface area contributed by atoms with Gasteiger partial charge in [0, 0.05) is 18.6 Å². The summed E-state index contributed by atoms with van der Waals surface area (Å²) in [5.74, 6) is -0.0549. The van der Waals surface area contributed by atoms with Gasteiger partial charge in [0.05, 0.1) is 19.8 Å². The molecular weight excluding hydrogens is 422 g/mol. The molecule has 0 unspecified atom stereocenters. The Balaban J connectivity index is 2.25. The number of ether oxygens (including phenoxy) is 2. The molecule has 2 aromatic rings. The van der Waals surface area contributed by atoms with Gasteiger partial charge in [-0.2, -0.15) is 0 Å². The quantitative estimate of drug-likeness (QED) is 0.603. The van der Waals surface area contributed by atoms with Gasteiger partial charge in [-0.3, -0.25) is 4.79 Å². The lowest BCUT2D eigenvalue weighted by Gasteiger charge is -2.13. The van der Waals surface area contributed by atoms with Gasteiger partial charge in [-0.15, -0.1) is 0 Å². The molecule has 0 saturated carbocycles. The van der Waals surface area contributed by atoms with Crippen molar-refractivity contribution < 1.29 is 27.5 Å². The van der Waals surface area contributed by atoms with Gasteiger partial charge >= 0.3 is 6.03 Å². The highest BCUT2D eigenvalue weighted by molar-refractivity contribution is 7.90. The van der Waals surface area contributed by atoms with Crippen molar-refractivity contribution in [2.24, 2.45) is 0 Å². The molecule has 2 aromatic carbocycles. The van der Waals surface area contributed by atoms with E-state index in [1.54, 1.807) is 18.2 Å². The third-order valence-electron chi connectivity index (χ3n) is 3.83. The Morgan fingerprint density at radius 1 is 1.03 bits per heavy atom. The minimum Gasteiger partial charge on any atom is -0.496 e. The molecule has 0 saturated heterocycles. The lowest BCUT2D eigenvalue weighted by molar-refractivity contribution is 0.0948. The second-order valence-electron chi connectivity index (χ2n) is 5.70. The fourth-order valence-electron chi connectivity index (χ4n) is 2.40. The molecule has 156 valence electrons. The first-order chi connectivity index (χ1) is 13.7. The van der Waals surface area contributed by atoms with Gasteiger partial charge in [0.15, 0.2) is 0 Å². The first kappa shape index (κ1) is 22.3. The van der Waals surface area contributed by atoms with Crippen LogP contribution in [0.25, 0.3) is 0 Å². The predicted molar refractivity (Wildman–Crippen MR) is 107 cm³/mol. The van der Waals surface area contributed by atoms with Crippen LogP contribution in [0.15, 0.2) is 41.3 Å². The minimum atomic E-state index is -4.18. The van der Waals surface area contributed by atoms with Gasteiger partial charge < -0.3 is 20.1 Å². The SMILES string of the molecule is CNC(=O)NS(=O)(=O)c1cc(CNC(=O)c2cc(Cl)ccc2OC)ccc1OC. The van der Waals surface area contributed by atoms with Gasteiger partial charge in [0.1, 0.15) is 16.4 Å². The zero-order valence-corrected chi connectivity index (χ0v) is 17.5. The highest BCUT2D eigenvalue weighted by Gasteiger charge is 2.22. The molecule has 11 heteroatoms. The van der Waals surface area contributed by atoms with Crippen LogP contribution in [0.3, 0.4) is 0 Å². The topological polar surface area (TPSA) is 123 Å². The molecule has 0 aliphatic heterocycles. The van der Waals surface area contributed by atoms with Gasteiger partial charge in [-0.25, -0.2) is 17.9 Å². The average Bonchev–Trinajstić information content (AvgIpc) is 2.71. The van der Waals surface area contributed by atoms with Crippen LogP contribution in [-0.2, 0) is 16.6 Å². The van der Waals surface area contributed by atoms with Crippen molar-refractivity contribution in [1.29, 1.82) is 0 Å².